The van der Waals surface area contributed by atoms with E-state index in [1.807, 2.05) is 66.9 Å². The molecular weight excluding hydrogens is 364 g/mol. The minimum atomic E-state index is -0.432. The largest absolute Gasteiger partial charge is 0.368 e. The lowest BCUT2D eigenvalue weighted by Gasteiger charge is -2.25. The van der Waals surface area contributed by atoms with Gasteiger partial charge >= 0.3 is 0 Å². The number of hydrogen-bond donors (Lipinski definition) is 2. The summed E-state index contributed by atoms with van der Waals surface area (Å²) >= 11 is 0. The van der Waals surface area contributed by atoms with Crippen molar-refractivity contribution in [1.82, 2.24) is 15.1 Å². The minimum Gasteiger partial charge on any atom is -0.368 e. The van der Waals surface area contributed by atoms with E-state index in [2.05, 4.69) is 10.4 Å². The highest BCUT2D eigenvalue weighted by atomic mass is 16.2. The molecule has 0 saturated carbocycles. The maximum absolute atomic E-state index is 13.4. The Balaban J connectivity index is 1.61. The van der Waals surface area contributed by atoms with Crippen LogP contribution in [0.25, 0.3) is 0 Å². The summed E-state index contributed by atoms with van der Waals surface area (Å²) in [6, 6.07) is 19.4. The molecule has 3 N–H and O–H groups in total. The van der Waals surface area contributed by atoms with Crippen LogP contribution in [-0.4, -0.2) is 21.6 Å². The van der Waals surface area contributed by atoms with Gasteiger partial charge in [-0.15, -0.1) is 0 Å². The van der Waals surface area contributed by atoms with Crippen LogP contribution in [0.1, 0.15) is 47.2 Å². The molecule has 2 amide bonds. The second-order valence-electron chi connectivity index (χ2n) is 7.41. The molecular formula is C23H24N4O2. The number of carbonyl (C=O) groups is 2. The highest BCUT2D eigenvalue weighted by Gasteiger charge is 2.29. The van der Waals surface area contributed by atoms with Gasteiger partial charge in [0.2, 0.25) is 11.8 Å². The molecule has 0 saturated heterocycles. The van der Waals surface area contributed by atoms with Crippen LogP contribution < -0.4 is 11.1 Å². The van der Waals surface area contributed by atoms with E-state index in [1.165, 1.54) is 0 Å². The van der Waals surface area contributed by atoms with Gasteiger partial charge in [-0.1, -0.05) is 60.7 Å². The Morgan fingerprint density at radius 2 is 1.69 bits per heavy atom. The maximum Gasteiger partial charge on any atom is 0.239 e. The molecule has 1 heterocycles. The van der Waals surface area contributed by atoms with Gasteiger partial charge in [0.1, 0.15) is 6.54 Å². The zero-order chi connectivity index (χ0) is 20.2. The number of nitrogens with two attached hydrogens (primary N) is 1. The van der Waals surface area contributed by atoms with Gasteiger partial charge in [0.05, 0.1) is 17.7 Å². The number of aryl methyl sites for hydroxylation is 1. The van der Waals surface area contributed by atoms with Crippen LogP contribution in [-0.2, 0) is 22.6 Å². The predicted octanol–water partition coefficient (Wildman–Crippen LogP) is 2.69. The number of nitrogens with zero attached hydrogens (tertiary/aromatic N) is 2. The SMILES string of the molecule is NC(=O)Cn1cc2c(n1)[C@@H](NC(=O)C(c1ccccc1)c1ccccc1)CCC2. The second kappa shape index (κ2) is 8.31. The van der Waals surface area contributed by atoms with Crippen molar-refractivity contribution in [3.63, 3.8) is 0 Å². The molecule has 1 aliphatic rings. The Labute approximate surface area is 169 Å². The summed E-state index contributed by atoms with van der Waals surface area (Å²) in [5, 5.41) is 7.74. The zero-order valence-corrected chi connectivity index (χ0v) is 16.1. The fraction of sp³-hybridized carbons (Fsp3) is 0.261. The number of carbonyl (C=O) groups excluding carboxylic acids is 2. The number of aromatic nitrogens is 2. The molecule has 29 heavy (non-hydrogen) atoms. The third-order valence-corrected chi connectivity index (χ3v) is 5.30. The van der Waals surface area contributed by atoms with E-state index in [4.69, 9.17) is 5.73 Å². The number of amides is 2. The van der Waals surface area contributed by atoms with Crippen molar-refractivity contribution in [2.45, 2.75) is 37.8 Å². The van der Waals surface area contributed by atoms with E-state index in [0.29, 0.717) is 0 Å². The molecule has 4 rings (SSSR count). The van der Waals surface area contributed by atoms with Crippen molar-refractivity contribution in [3.8, 4) is 0 Å². The molecule has 3 aromatic rings. The Bertz CT molecular complexity index is 959. The molecule has 0 fully saturated rings. The third-order valence-electron chi connectivity index (χ3n) is 5.30. The Kier molecular flexibility index (Phi) is 5.42. The molecule has 0 unspecified atom stereocenters. The number of primary amides is 1. The molecule has 0 bridgehead atoms. The van der Waals surface area contributed by atoms with Crippen LogP contribution in [0.3, 0.4) is 0 Å². The zero-order valence-electron chi connectivity index (χ0n) is 16.1. The normalized spacial score (nSPS) is 15.7. The number of rotatable bonds is 6. The van der Waals surface area contributed by atoms with Crippen LogP contribution in [0.2, 0.25) is 0 Å². The van der Waals surface area contributed by atoms with Gasteiger partial charge in [-0.25, -0.2) is 0 Å². The van der Waals surface area contributed by atoms with Gasteiger partial charge in [-0.3, -0.25) is 14.3 Å². The van der Waals surface area contributed by atoms with E-state index in [9.17, 15) is 9.59 Å². The van der Waals surface area contributed by atoms with Crippen LogP contribution in [0.15, 0.2) is 66.9 Å². The molecule has 6 heteroatoms. The summed E-state index contributed by atoms with van der Waals surface area (Å²) in [5.41, 5.74) is 9.10. The lowest BCUT2D eigenvalue weighted by Crippen LogP contribution is -2.35. The first-order chi connectivity index (χ1) is 14.1. The third kappa shape index (κ3) is 4.21. The molecule has 0 spiro atoms. The van der Waals surface area contributed by atoms with E-state index in [0.717, 1.165) is 41.6 Å². The van der Waals surface area contributed by atoms with E-state index < -0.39 is 11.8 Å². The smallest absolute Gasteiger partial charge is 0.239 e. The average Bonchev–Trinajstić information content (AvgIpc) is 3.12. The molecule has 2 aromatic carbocycles. The topological polar surface area (TPSA) is 90.0 Å². The van der Waals surface area contributed by atoms with Crippen molar-refractivity contribution >= 4 is 11.8 Å². The monoisotopic (exact) mass is 388 g/mol. The Morgan fingerprint density at radius 3 is 2.28 bits per heavy atom. The standard InChI is InChI=1S/C23H24N4O2/c24-20(28)15-27-14-18-12-7-13-19(22(18)26-27)25-23(29)21(16-8-3-1-4-9-16)17-10-5-2-6-11-17/h1-6,8-11,14,19,21H,7,12-13,15H2,(H2,24,28)(H,25,29)/t19-/m0/s1. The van der Waals surface area contributed by atoms with Crippen LogP contribution in [0.4, 0.5) is 0 Å². The summed E-state index contributed by atoms with van der Waals surface area (Å²) in [7, 11) is 0. The molecule has 148 valence electrons. The maximum atomic E-state index is 13.4. The second-order valence-corrected chi connectivity index (χ2v) is 7.41. The predicted molar refractivity (Wildman–Crippen MR) is 110 cm³/mol. The highest BCUT2D eigenvalue weighted by Crippen LogP contribution is 2.31. The molecule has 0 radical (unpaired) electrons. The van der Waals surface area contributed by atoms with Gasteiger partial charge in [0, 0.05) is 6.20 Å². The van der Waals surface area contributed by atoms with Crippen molar-refractivity contribution < 1.29 is 9.59 Å². The Hall–Kier alpha value is -3.41. The molecule has 1 atom stereocenters. The fourth-order valence-corrected chi connectivity index (χ4v) is 4.02. The summed E-state index contributed by atoms with van der Waals surface area (Å²) in [6.45, 7) is 0.0460. The lowest BCUT2D eigenvalue weighted by molar-refractivity contribution is -0.122. The van der Waals surface area contributed by atoms with Crippen LogP contribution >= 0.6 is 0 Å². The van der Waals surface area contributed by atoms with Gasteiger partial charge in [-0.05, 0) is 36.0 Å². The molecule has 0 aliphatic heterocycles. The van der Waals surface area contributed by atoms with Gasteiger partial charge in [0.25, 0.3) is 0 Å². The average molecular weight is 388 g/mol. The summed E-state index contributed by atoms with van der Waals surface area (Å²) in [5.74, 6) is -0.876. The quantitative estimate of drug-likeness (QED) is 0.680. The molecule has 1 aliphatic carbocycles. The highest BCUT2D eigenvalue weighted by molar-refractivity contribution is 5.87. The fourth-order valence-electron chi connectivity index (χ4n) is 4.02. The van der Waals surface area contributed by atoms with E-state index in [1.54, 1.807) is 4.68 Å². The van der Waals surface area contributed by atoms with Gasteiger partial charge < -0.3 is 11.1 Å². The van der Waals surface area contributed by atoms with Crippen molar-refractivity contribution in [2.75, 3.05) is 0 Å². The summed E-state index contributed by atoms with van der Waals surface area (Å²) < 4.78 is 1.57. The van der Waals surface area contributed by atoms with E-state index >= 15 is 0 Å². The molecule has 1 aromatic heterocycles. The first-order valence-corrected chi connectivity index (χ1v) is 9.86. The van der Waals surface area contributed by atoms with Crippen molar-refractivity contribution in [1.29, 1.82) is 0 Å². The Morgan fingerprint density at radius 1 is 1.07 bits per heavy atom. The van der Waals surface area contributed by atoms with E-state index in [-0.39, 0.29) is 18.5 Å². The first-order valence-electron chi connectivity index (χ1n) is 9.86. The van der Waals surface area contributed by atoms with Gasteiger partial charge in [-0.2, -0.15) is 5.10 Å². The minimum absolute atomic E-state index is 0.0460. The summed E-state index contributed by atoms with van der Waals surface area (Å²) in [4.78, 5) is 24.6. The van der Waals surface area contributed by atoms with Crippen molar-refractivity contribution in [2.24, 2.45) is 5.73 Å². The number of nitrogens with one attached hydrogen (secondary N) is 1. The summed E-state index contributed by atoms with van der Waals surface area (Å²) in [6.07, 6.45) is 4.54. The number of hydrogen-bond acceptors (Lipinski definition) is 3. The lowest BCUT2D eigenvalue weighted by atomic mass is 9.88. The molecule has 6 nitrogen and oxygen atoms in total. The van der Waals surface area contributed by atoms with Gasteiger partial charge in [0.15, 0.2) is 0 Å². The van der Waals surface area contributed by atoms with Crippen LogP contribution in [0, 0.1) is 0 Å². The van der Waals surface area contributed by atoms with Crippen LogP contribution in [0.5, 0.6) is 0 Å². The van der Waals surface area contributed by atoms with Crippen molar-refractivity contribution in [3.05, 3.63) is 89.2 Å². The number of fused-ring (bicyclic) bond motifs is 1. The first kappa shape index (κ1) is 18.9. The number of benzene rings is 2.